The van der Waals surface area contributed by atoms with Crippen molar-refractivity contribution in [2.45, 2.75) is 39.3 Å². The zero-order chi connectivity index (χ0) is 13.9. The lowest BCUT2D eigenvalue weighted by atomic mass is 10.0. The number of nitrogens with zero attached hydrogens (tertiary/aromatic N) is 2. The minimum Gasteiger partial charge on any atom is -0.350 e. The van der Waals surface area contributed by atoms with Gasteiger partial charge in [-0.3, -0.25) is 14.2 Å². The van der Waals surface area contributed by atoms with E-state index >= 15 is 0 Å². The molecular weight excluding hydrogens is 321 g/mol. The molecule has 0 spiro atoms. The lowest BCUT2D eigenvalue weighted by Crippen LogP contribution is -2.45. The first kappa shape index (κ1) is 15.2. The maximum absolute atomic E-state index is 11.8. The molecule has 1 heterocycles. The monoisotopic (exact) mass is 335 g/mol. The van der Waals surface area contributed by atoms with Gasteiger partial charge in [0.2, 0.25) is 5.91 Å². The summed E-state index contributed by atoms with van der Waals surface area (Å²) in [6.07, 6.45) is 2.06. The van der Waals surface area contributed by atoms with Gasteiger partial charge in [0.05, 0.1) is 6.33 Å². The molecule has 7 heteroatoms. The first-order valence-corrected chi connectivity index (χ1v) is 6.65. The van der Waals surface area contributed by atoms with Gasteiger partial charge in [-0.05, 0) is 36.2 Å². The number of hydrogen-bond acceptors (Lipinski definition) is 3. The van der Waals surface area contributed by atoms with Crippen LogP contribution in [0.15, 0.2) is 15.6 Å². The predicted molar refractivity (Wildman–Crippen MR) is 73.7 cm³/mol. The van der Waals surface area contributed by atoms with Gasteiger partial charge < -0.3 is 5.32 Å². The van der Waals surface area contributed by atoms with E-state index in [0.717, 1.165) is 6.42 Å². The first-order valence-electron chi connectivity index (χ1n) is 5.48. The van der Waals surface area contributed by atoms with Crippen molar-refractivity contribution in [3.8, 4) is 0 Å². The Morgan fingerprint density at radius 1 is 1.61 bits per heavy atom. The number of nitrogens with one attached hydrogen (secondary N) is 1. The second-order valence-corrected chi connectivity index (χ2v) is 5.72. The fourth-order valence-electron chi connectivity index (χ4n) is 1.22. The normalized spacial score (nSPS) is 11.4. The van der Waals surface area contributed by atoms with E-state index < -0.39 is 0 Å². The van der Waals surface area contributed by atoms with E-state index in [0.29, 0.717) is 0 Å². The first-order chi connectivity index (χ1) is 8.26. The lowest BCUT2D eigenvalue weighted by Gasteiger charge is -2.24. The molecule has 100 valence electrons. The van der Waals surface area contributed by atoms with Crippen molar-refractivity contribution in [3.63, 3.8) is 0 Å². The van der Waals surface area contributed by atoms with Crippen molar-refractivity contribution in [2.75, 3.05) is 0 Å². The summed E-state index contributed by atoms with van der Waals surface area (Å²) in [4.78, 5) is 27.4. The smallest absolute Gasteiger partial charge is 0.269 e. The largest absolute Gasteiger partial charge is 0.350 e. The Labute approximate surface area is 119 Å². The van der Waals surface area contributed by atoms with E-state index in [1.54, 1.807) is 0 Å². The number of carbonyl (C=O) groups is 1. The molecule has 0 unspecified atom stereocenters. The molecule has 1 rings (SSSR count). The summed E-state index contributed by atoms with van der Waals surface area (Å²) in [5, 5.41) is 2.93. The van der Waals surface area contributed by atoms with Gasteiger partial charge >= 0.3 is 0 Å². The van der Waals surface area contributed by atoms with Gasteiger partial charge in [-0.25, -0.2) is 4.98 Å². The van der Waals surface area contributed by atoms with Gasteiger partial charge in [-0.1, -0.05) is 18.5 Å². The molecule has 0 aromatic carbocycles. The number of amides is 1. The molecule has 18 heavy (non-hydrogen) atoms. The highest BCUT2D eigenvalue weighted by atomic mass is 79.9. The molecular formula is C11H15BrClN3O2. The van der Waals surface area contributed by atoms with Gasteiger partial charge in [0.1, 0.15) is 11.0 Å². The number of hydrogen-bond donors (Lipinski definition) is 1. The van der Waals surface area contributed by atoms with E-state index in [1.807, 2.05) is 20.8 Å². The van der Waals surface area contributed by atoms with Crippen molar-refractivity contribution in [1.82, 2.24) is 14.9 Å². The number of halogens is 2. The summed E-state index contributed by atoms with van der Waals surface area (Å²) in [7, 11) is 0. The second kappa shape index (κ2) is 5.84. The van der Waals surface area contributed by atoms with Crippen LogP contribution in [0.2, 0.25) is 5.15 Å². The average Bonchev–Trinajstić information content (AvgIpc) is 2.29. The molecule has 0 aliphatic carbocycles. The zero-order valence-electron chi connectivity index (χ0n) is 10.5. The molecule has 1 N–H and O–H groups in total. The number of carbonyl (C=O) groups excluding carboxylic acids is 1. The van der Waals surface area contributed by atoms with Crippen LogP contribution in [0.25, 0.3) is 0 Å². The van der Waals surface area contributed by atoms with Crippen LogP contribution in [0.4, 0.5) is 0 Å². The maximum Gasteiger partial charge on any atom is 0.269 e. The number of rotatable bonds is 4. The molecule has 0 aliphatic rings. The molecule has 0 saturated carbocycles. The minimum absolute atomic E-state index is 0.0783. The molecule has 1 aromatic heterocycles. The molecule has 1 aromatic rings. The summed E-state index contributed by atoms with van der Waals surface area (Å²) in [6.45, 7) is 5.74. The highest BCUT2D eigenvalue weighted by Gasteiger charge is 2.18. The standard InChI is InChI=1S/C11H15BrClN3O2/c1-4-11(2,3)15-7(17)5-16-6-14-9(13)8(12)10(16)18/h6H,4-5H2,1-3H3,(H,15,17). The number of aromatic nitrogens is 2. The summed E-state index contributed by atoms with van der Waals surface area (Å²) in [6, 6.07) is 0. The van der Waals surface area contributed by atoms with Gasteiger partial charge in [0, 0.05) is 5.54 Å². The Morgan fingerprint density at radius 2 is 2.22 bits per heavy atom. The van der Waals surface area contributed by atoms with Crippen LogP contribution >= 0.6 is 27.5 Å². The maximum atomic E-state index is 11.8. The Kier molecular flexibility index (Phi) is 4.92. The highest BCUT2D eigenvalue weighted by molar-refractivity contribution is 9.10. The summed E-state index contributed by atoms with van der Waals surface area (Å²) in [5.74, 6) is -0.236. The molecule has 0 aliphatic heterocycles. The average molecular weight is 337 g/mol. The molecule has 0 radical (unpaired) electrons. The molecule has 1 amide bonds. The van der Waals surface area contributed by atoms with Crippen LogP contribution in [-0.4, -0.2) is 21.0 Å². The summed E-state index contributed by atoms with van der Waals surface area (Å²) in [5.41, 5.74) is -0.669. The summed E-state index contributed by atoms with van der Waals surface area (Å²) < 4.78 is 1.37. The second-order valence-electron chi connectivity index (χ2n) is 4.57. The van der Waals surface area contributed by atoms with Crippen LogP contribution < -0.4 is 10.9 Å². The van der Waals surface area contributed by atoms with Crippen molar-refractivity contribution in [1.29, 1.82) is 0 Å². The summed E-state index contributed by atoms with van der Waals surface area (Å²) >= 11 is 8.71. The highest BCUT2D eigenvalue weighted by Crippen LogP contribution is 2.13. The van der Waals surface area contributed by atoms with Crippen molar-refractivity contribution in [2.24, 2.45) is 0 Å². The van der Waals surface area contributed by atoms with E-state index in [2.05, 4.69) is 26.2 Å². The van der Waals surface area contributed by atoms with Crippen LogP contribution in [0.1, 0.15) is 27.2 Å². The molecule has 0 bridgehead atoms. The lowest BCUT2D eigenvalue weighted by molar-refractivity contribution is -0.123. The van der Waals surface area contributed by atoms with Crippen LogP contribution in [0.3, 0.4) is 0 Å². The zero-order valence-corrected chi connectivity index (χ0v) is 12.8. The van der Waals surface area contributed by atoms with Crippen LogP contribution in [0, 0.1) is 0 Å². The van der Waals surface area contributed by atoms with E-state index in [4.69, 9.17) is 11.6 Å². The van der Waals surface area contributed by atoms with Gasteiger partial charge in [-0.15, -0.1) is 0 Å². The quantitative estimate of drug-likeness (QED) is 0.855. The third-order valence-electron chi connectivity index (χ3n) is 2.62. The van der Waals surface area contributed by atoms with Crippen LogP contribution in [0.5, 0.6) is 0 Å². The van der Waals surface area contributed by atoms with E-state index in [9.17, 15) is 9.59 Å². The topological polar surface area (TPSA) is 64.0 Å². The van der Waals surface area contributed by atoms with Gasteiger partial charge in [0.25, 0.3) is 5.56 Å². The molecule has 0 atom stereocenters. The van der Waals surface area contributed by atoms with Crippen molar-refractivity contribution < 1.29 is 4.79 Å². The van der Waals surface area contributed by atoms with E-state index in [1.165, 1.54) is 10.9 Å². The van der Waals surface area contributed by atoms with Crippen molar-refractivity contribution >= 4 is 33.4 Å². The van der Waals surface area contributed by atoms with Gasteiger partial charge in [-0.2, -0.15) is 0 Å². The van der Waals surface area contributed by atoms with Crippen molar-refractivity contribution in [3.05, 3.63) is 26.3 Å². The Morgan fingerprint density at radius 3 is 2.78 bits per heavy atom. The Hall–Kier alpha value is -0.880. The molecule has 5 nitrogen and oxygen atoms in total. The van der Waals surface area contributed by atoms with Crippen LogP contribution in [-0.2, 0) is 11.3 Å². The Bertz CT molecular complexity index is 514. The Balaban J connectivity index is 2.84. The third kappa shape index (κ3) is 3.81. The minimum atomic E-state index is -0.376. The molecule has 0 saturated heterocycles. The third-order valence-corrected chi connectivity index (χ3v) is 3.85. The molecule has 0 fully saturated rings. The van der Waals surface area contributed by atoms with E-state index in [-0.39, 0.29) is 33.2 Å². The van der Waals surface area contributed by atoms with Gasteiger partial charge in [0.15, 0.2) is 5.15 Å². The fourth-order valence-corrected chi connectivity index (χ4v) is 1.67. The predicted octanol–water partition coefficient (Wildman–Crippen LogP) is 1.96. The fraction of sp³-hybridized carbons (Fsp3) is 0.545. The SMILES string of the molecule is CCC(C)(C)NC(=O)Cn1cnc(Cl)c(Br)c1=O.